The Hall–Kier alpha value is -0.420. The number of aliphatic hydroxyl groups excluding tert-OH is 1. The Kier molecular flexibility index (Phi) is 5.61. The van der Waals surface area contributed by atoms with E-state index in [4.69, 9.17) is 4.74 Å². The standard InChI is InChI=1S/C15H21NO2S.ClH/c1-19-15-5-3-2-4-13(15)18-14-7-11-9-16-8-10(11)6-12(14)17;/h2-5,10-12,14,16-17H,6-9H2,1H3;1H/t10-,11+,12+,14+;/m0./s1. The number of fused-ring (bicyclic) bond motifs is 1. The third-order valence-electron chi connectivity index (χ3n) is 4.34. The number of aliphatic hydroxyl groups is 1. The van der Waals surface area contributed by atoms with Crippen LogP contribution in [0, 0.1) is 11.8 Å². The first-order valence-electron chi connectivity index (χ1n) is 6.96. The molecular weight excluding hydrogens is 294 g/mol. The van der Waals surface area contributed by atoms with E-state index in [9.17, 15) is 5.11 Å². The number of halogens is 1. The van der Waals surface area contributed by atoms with Gasteiger partial charge >= 0.3 is 0 Å². The first-order chi connectivity index (χ1) is 9.28. The van der Waals surface area contributed by atoms with Gasteiger partial charge in [0.25, 0.3) is 0 Å². The van der Waals surface area contributed by atoms with Crippen LogP contribution >= 0.6 is 24.2 Å². The summed E-state index contributed by atoms with van der Waals surface area (Å²) in [4.78, 5) is 1.14. The van der Waals surface area contributed by atoms with Crippen LogP contribution in [0.5, 0.6) is 5.75 Å². The summed E-state index contributed by atoms with van der Waals surface area (Å²) in [5.41, 5.74) is 0. The van der Waals surface area contributed by atoms with Crippen molar-refractivity contribution in [1.82, 2.24) is 5.32 Å². The minimum atomic E-state index is -0.337. The maximum atomic E-state index is 10.3. The summed E-state index contributed by atoms with van der Waals surface area (Å²) < 4.78 is 6.10. The maximum Gasteiger partial charge on any atom is 0.133 e. The van der Waals surface area contributed by atoms with Crippen LogP contribution in [-0.2, 0) is 0 Å². The molecule has 1 saturated carbocycles. The van der Waals surface area contributed by atoms with E-state index in [1.165, 1.54) is 0 Å². The van der Waals surface area contributed by atoms with Gasteiger partial charge in [0.2, 0.25) is 0 Å². The van der Waals surface area contributed by atoms with Crippen molar-refractivity contribution in [2.75, 3.05) is 19.3 Å². The molecule has 0 radical (unpaired) electrons. The van der Waals surface area contributed by atoms with Gasteiger partial charge in [0.15, 0.2) is 0 Å². The molecule has 1 aliphatic heterocycles. The summed E-state index contributed by atoms with van der Waals surface area (Å²) >= 11 is 1.69. The van der Waals surface area contributed by atoms with Gasteiger partial charge in [-0.25, -0.2) is 0 Å². The van der Waals surface area contributed by atoms with Crippen molar-refractivity contribution < 1.29 is 9.84 Å². The Morgan fingerprint density at radius 3 is 2.65 bits per heavy atom. The van der Waals surface area contributed by atoms with E-state index in [0.29, 0.717) is 11.8 Å². The molecule has 1 aromatic carbocycles. The monoisotopic (exact) mass is 315 g/mol. The van der Waals surface area contributed by atoms with E-state index >= 15 is 0 Å². The summed E-state index contributed by atoms with van der Waals surface area (Å²) in [6.07, 6.45) is 3.48. The largest absolute Gasteiger partial charge is 0.487 e. The minimum absolute atomic E-state index is 0. The van der Waals surface area contributed by atoms with Gasteiger partial charge in [-0.3, -0.25) is 0 Å². The molecule has 20 heavy (non-hydrogen) atoms. The van der Waals surface area contributed by atoms with E-state index in [2.05, 4.69) is 17.6 Å². The molecule has 0 spiro atoms. The van der Waals surface area contributed by atoms with Crippen LogP contribution in [0.15, 0.2) is 29.2 Å². The number of ether oxygens (including phenoxy) is 1. The van der Waals surface area contributed by atoms with Gasteiger partial charge in [-0.1, -0.05) is 12.1 Å². The second-order valence-corrected chi connectivity index (χ2v) is 6.37. The molecular formula is C15H22ClNO2S. The van der Waals surface area contributed by atoms with Gasteiger partial charge in [-0.2, -0.15) is 0 Å². The third-order valence-corrected chi connectivity index (χ3v) is 5.11. The second-order valence-electron chi connectivity index (χ2n) is 5.52. The van der Waals surface area contributed by atoms with Gasteiger partial charge in [-0.15, -0.1) is 24.2 Å². The lowest BCUT2D eigenvalue weighted by Crippen LogP contribution is -2.42. The van der Waals surface area contributed by atoms with Crippen molar-refractivity contribution in [1.29, 1.82) is 0 Å². The molecule has 4 atom stereocenters. The molecule has 0 bridgehead atoms. The highest BCUT2D eigenvalue weighted by Gasteiger charge is 2.39. The molecule has 2 N–H and O–H groups in total. The van der Waals surface area contributed by atoms with Crippen LogP contribution in [-0.4, -0.2) is 36.7 Å². The van der Waals surface area contributed by atoms with E-state index < -0.39 is 0 Å². The fourth-order valence-corrected chi connectivity index (χ4v) is 3.79. The number of benzene rings is 1. The molecule has 0 aromatic heterocycles. The van der Waals surface area contributed by atoms with Crippen LogP contribution in [0.2, 0.25) is 0 Å². The molecule has 0 amide bonds. The molecule has 3 nitrogen and oxygen atoms in total. The van der Waals surface area contributed by atoms with Crippen molar-refractivity contribution in [2.45, 2.75) is 29.9 Å². The van der Waals surface area contributed by atoms with Crippen LogP contribution in [0.1, 0.15) is 12.8 Å². The number of hydrogen-bond acceptors (Lipinski definition) is 4. The number of para-hydroxylation sites is 1. The van der Waals surface area contributed by atoms with Crippen molar-refractivity contribution in [3.05, 3.63) is 24.3 Å². The molecule has 1 heterocycles. The van der Waals surface area contributed by atoms with E-state index in [-0.39, 0.29) is 24.6 Å². The SMILES string of the molecule is CSc1ccccc1O[C@@H]1C[C@@H]2CNC[C@@H]2C[C@H]1O.Cl. The minimum Gasteiger partial charge on any atom is -0.487 e. The van der Waals surface area contributed by atoms with Crippen molar-refractivity contribution in [3.63, 3.8) is 0 Å². The second kappa shape index (κ2) is 7.03. The maximum absolute atomic E-state index is 10.3. The van der Waals surface area contributed by atoms with E-state index in [1.54, 1.807) is 11.8 Å². The van der Waals surface area contributed by atoms with Crippen LogP contribution in [0.4, 0.5) is 0 Å². The summed E-state index contributed by atoms with van der Waals surface area (Å²) in [7, 11) is 0. The van der Waals surface area contributed by atoms with Gasteiger partial charge < -0.3 is 15.2 Å². The summed E-state index contributed by atoms with van der Waals surface area (Å²) in [6, 6.07) is 8.07. The zero-order valence-corrected chi connectivity index (χ0v) is 13.3. The highest BCUT2D eigenvalue weighted by Crippen LogP contribution is 2.36. The fraction of sp³-hybridized carbons (Fsp3) is 0.600. The predicted molar refractivity (Wildman–Crippen MR) is 85.0 cm³/mol. The lowest BCUT2D eigenvalue weighted by Gasteiger charge is -2.35. The fourth-order valence-electron chi connectivity index (χ4n) is 3.26. The lowest BCUT2D eigenvalue weighted by atomic mass is 9.78. The van der Waals surface area contributed by atoms with Crippen molar-refractivity contribution in [2.24, 2.45) is 11.8 Å². The zero-order chi connectivity index (χ0) is 13.2. The number of hydrogen-bond donors (Lipinski definition) is 2. The normalized spacial score (nSPS) is 32.3. The Morgan fingerprint density at radius 1 is 1.20 bits per heavy atom. The van der Waals surface area contributed by atoms with Crippen LogP contribution in [0.25, 0.3) is 0 Å². The Morgan fingerprint density at radius 2 is 1.90 bits per heavy atom. The first-order valence-corrected chi connectivity index (χ1v) is 8.19. The Labute approximate surface area is 130 Å². The molecule has 1 aliphatic carbocycles. The number of thioether (sulfide) groups is 1. The third kappa shape index (κ3) is 3.25. The van der Waals surface area contributed by atoms with E-state index in [1.807, 2.05) is 18.2 Å². The molecule has 3 rings (SSSR count). The molecule has 1 aromatic rings. The van der Waals surface area contributed by atoms with Crippen LogP contribution in [0.3, 0.4) is 0 Å². The van der Waals surface area contributed by atoms with Crippen molar-refractivity contribution >= 4 is 24.2 Å². The van der Waals surface area contributed by atoms with Gasteiger partial charge in [0.1, 0.15) is 11.9 Å². The van der Waals surface area contributed by atoms with Gasteiger partial charge in [0.05, 0.1) is 6.10 Å². The Bertz CT molecular complexity index is 446. The summed E-state index contributed by atoms with van der Waals surface area (Å²) in [5.74, 6) is 2.20. The van der Waals surface area contributed by atoms with E-state index in [0.717, 1.165) is 36.6 Å². The molecule has 0 unspecified atom stereocenters. The molecule has 2 fully saturated rings. The highest BCUT2D eigenvalue weighted by atomic mass is 35.5. The average Bonchev–Trinajstić information content (AvgIpc) is 2.87. The molecule has 2 aliphatic rings. The molecule has 112 valence electrons. The van der Waals surface area contributed by atoms with Gasteiger partial charge in [0, 0.05) is 4.90 Å². The molecule has 5 heteroatoms. The quantitative estimate of drug-likeness (QED) is 0.841. The summed E-state index contributed by atoms with van der Waals surface area (Å²) in [5, 5.41) is 13.7. The van der Waals surface area contributed by atoms with Crippen molar-refractivity contribution in [3.8, 4) is 5.75 Å². The average molecular weight is 316 g/mol. The predicted octanol–water partition coefficient (Wildman–Crippen LogP) is 2.57. The first kappa shape index (κ1) is 16.0. The topological polar surface area (TPSA) is 41.5 Å². The van der Waals surface area contributed by atoms with Gasteiger partial charge in [-0.05, 0) is 56.2 Å². The lowest BCUT2D eigenvalue weighted by molar-refractivity contribution is -0.0243. The highest BCUT2D eigenvalue weighted by molar-refractivity contribution is 7.98. The van der Waals surface area contributed by atoms with Crippen LogP contribution < -0.4 is 10.1 Å². The summed E-state index contributed by atoms with van der Waals surface area (Å²) in [6.45, 7) is 2.12. The zero-order valence-electron chi connectivity index (χ0n) is 11.6. The number of rotatable bonds is 3. The molecule has 1 saturated heterocycles. The number of nitrogens with one attached hydrogen (secondary N) is 1. The Balaban J connectivity index is 0.00000147. The smallest absolute Gasteiger partial charge is 0.133 e.